The average molecular weight is 157 g/mol. The minimum absolute atomic E-state index is 0.606. The van der Waals surface area contributed by atoms with Gasteiger partial charge in [-0.1, -0.05) is 13.8 Å². The number of rotatable bonds is 2. The Bertz CT molecular complexity index is 142. The molecule has 2 heteroatoms. The first-order chi connectivity index (χ1) is 4.77. The minimum atomic E-state index is 0.606. The van der Waals surface area contributed by atoms with E-state index in [0.717, 1.165) is 5.25 Å². The zero-order chi connectivity index (χ0) is 7.56. The Balaban J connectivity index is 2.52. The van der Waals surface area contributed by atoms with E-state index in [0.29, 0.717) is 6.04 Å². The Morgan fingerprint density at radius 3 is 2.50 bits per heavy atom. The molecule has 1 heterocycles. The van der Waals surface area contributed by atoms with Gasteiger partial charge in [-0.3, -0.25) is 4.99 Å². The van der Waals surface area contributed by atoms with Crippen LogP contribution in [0.2, 0.25) is 0 Å². The molecule has 0 spiro atoms. The summed E-state index contributed by atoms with van der Waals surface area (Å²) < 4.78 is 0. The van der Waals surface area contributed by atoms with Crippen molar-refractivity contribution in [2.24, 2.45) is 4.99 Å². The summed E-state index contributed by atoms with van der Waals surface area (Å²) in [7, 11) is 0. The van der Waals surface area contributed by atoms with Crippen molar-refractivity contribution in [3.63, 3.8) is 0 Å². The standard InChI is InChI=1S/C8H15NS/c1-4-7-8(5-2)10-6(3)9-7/h7-8H,4-5H2,1-3H3/t7-,8-/m0/s1. The van der Waals surface area contributed by atoms with Gasteiger partial charge in [0.25, 0.3) is 0 Å². The smallest absolute Gasteiger partial charge is 0.0652 e. The van der Waals surface area contributed by atoms with Crippen LogP contribution in [0.5, 0.6) is 0 Å². The molecule has 0 radical (unpaired) electrons. The van der Waals surface area contributed by atoms with Crippen LogP contribution < -0.4 is 0 Å². The summed E-state index contributed by atoms with van der Waals surface area (Å²) in [6.45, 7) is 6.58. The molecular weight excluding hydrogens is 142 g/mol. The molecule has 0 bridgehead atoms. The molecule has 0 saturated heterocycles. The molecule has 0 amide bonds. The monoisotopic (exact) mass is 157 g/mol. The first-order valence-corrected chi connectivity index (χ1v) is 4.87. The second kappa shape index (κ2) is 3.42. The fourth-order valence-corrected chi connectivity index (χ4v) is 2.57. The third-order valence-corrected chi connectivity index (χ3v) is 3.32. The van der Waals surface area contributed by atoms with Crippen LogP contribution in [-0.2, 0) is 0 Å². The van der Waals surface area contributed by atoms with Crippen LogP contribution in [0.3, 0.4) is 0 Å². The lowest BCUT2D eigenvalue weighted by atomic mass is 10.1. The van der Waals surface area contributed by atoms with Gasteiger partial charge in [-0.2, -0.15) is 0 Å². The number of thioether (sulfide) groups is 1. The minimum Gasteiger partial charge on any atom is -0.279 e. The van der Waals surface area contributed by atoms with Crippen LogP contribution >= 0.6 is 11.8 Å². The summed E-state index contributed by atoms with van der Waals surface area (Å²) in [5.74, 6) is 0. The maximum absolute atomic E-state index is 4.54. The zero-order valence-electron chi connectivity index (χ0n) is 6.92. The Labute approximate surface area is 67.3 Å². The van der Waals surface area contributed by atoms with Crippen molar-refractivity contribution < 1.29 is 0 Å². The third kappa shape index (κ3) is 1.54. The second-order valence-electron chi connectivity index (χ2n) is 2.69. The van der Waals surface area contributed by atoms with Crippen molar-refractivity contribution in [3.05, 3.63) is 0 Å². The zero-order valence-corrected chi connectivity index (χ0v) is 7.74. The lowest BCUT2D eigenvalue weighted by molar-refractivity contribution is 0.615. The fourth-order valence-electron chi connectivity index (χ4n) is 1.35. The topological polar surface area (TPSA) is 12.4 Å². The highest BCUT2D eigenvalue weighted by Crippen LogP contribution is 2.30. The predicted molar refractivity (Wildman–Crippen MR) is 48.9 cm³/mol. The van der Waals surface area contributed by atoms with Crippen molar-refractivity contribution in [3.8, 4) is 0 Å². The van der Waals surface area contributed by atoms with Crippen molar-refractivity contribution in [2.75, 3.05) is 0 Å². The quantitative estimate of drug-likeness (QED) is 0.600. The molecule has 0 saturated carbocycles. The summed E-state index contributed by atoms with van der Waals surface area (Å²) in [4.78, 5) is 4.54. The van der Waals surface area contributed by atoms with Gasteiger partial charge in [0.2, 0.25) is 0 Å². The van der Waals surface area contributed by atoms with Gasteiger partial charge < -0.3 is 0 Å². The molecule has 0 fully saturated rings. The summed E-state index contributed by atoms with van der Waals surface area (Å²) >= 11 is 1.95. The highest BCUT2D eigenvalue weighted by Gasteiger charge is 2.24. The average Bonchev–Trinajstić information content (AvgIpc) is 2.30. The van der Waals surface area contributed by atoms with Crippen molar-refractivity contribution in [1.29, 1.82) is 0 Å². The first kappa shape index (κ1) is 8.12. The van der Waals surface area contributed by atoms with E-state index in [1.54, 1.807) is 0 Å². The summed E-state index contributed by atoms with van der Waals surface area (Å²) in [6, 6.07) is 0.606. The normalized spacial score (nSPS) is 32.5. The largest absolute Gasteiger partial charge is 0.279 e. The van der Waals surface area contributed by atoms with Gasteiger partial charge in [0.15, 0.2) is 0 Å². The number of nitrogens with zero attached hydrogens (tertiary/aromatic N) is 1. The third-order valence-electron chi connectivity index (χ3n) is 1.92. The maximum atomic E-state index is 4.54. The SMILES string of the molecule is CC[C@@H]1N=C(C)S[C@H]1CC. The maximum Gasteiger partial charge on any atom is 0.0652 e. The lowest BCUT2D eigenvalue weighted by Gasteiger charge is -2.11. The summed E-state index contributed by atoms with van der Waals surface area (Å²) in [6.07, 6.45) is 2.45. The summed E-state index contributed by atoms with van der Waals surface area (Å²) in [5, 5.41) is 2.05. The van der Waals surface area contributed by atoms with E-state index in [1.807, 2.05) is 11.8 Å². The van der Waals surface area contributed by atoms with Gasteiger partial charge in [0.05, 0.1) is 11.1 Å². The van der Waals surface area contributed by atoms with Gasteiger partial charge in [-0.15, -0.1) is 11.8 Å². The van der Waals surface area contributed by atoms with E-state index in [9.17, 15) is 0 Å². The van der Waals surface area contributed by atoms with Gasteiger partial charge in [-0.05, 0) is 19.8 Å². The van der Waals surface area contributed by atoms with Crippen LogP contribution in [0.1, 0.15) is 33.6 Å². The van der Waals surface area contributed by atoms with Crippen molar-refractivity contribution >= 4 is 16.8 Å². The number of aliphatic imine (C=N–C) groups is 1. The van der Waals surface area contributed by atoms with Crippen LogP contribution in [0.25, 0.3) is 0 Å². The molecule has 1 aliphatic heterocycles. The number of hydrogen-bond donors (Lipinski definition) is 0. The molecule has 2 atom stereocenters. The summed E-state index contributed by atoms with van der Waals surface area (Å²) in [5.41, 5.74) is 0. The number of hydrogen-bond acceptors (Lipinski definition) is 2. The molecule has 0 unspecified atom stereocenters. The molecule has 1 aliphatic rings. The second-order valence-corrected chi connectivity index (χ2v) is 4.12. The Morgan fingerprint density at radius 2 is 2.10 bits per heavy atom. The van der Waals surface area contributed by atoms with Crippen LogP contribution in [0.15, 0.2) is 4.99 Å². The van der Waals surface area contributed by atoms with E-state index in [4.69, 9.17) is 0 Å². The van der Waals surface area contributed by atoms with Gasteiger partial charge >= 0.3 is 0 Å². The molecule has 0 aliphatic carbocycles. The predicted octanol–water partition coefficient (Wildman–Crippen LogP) is 2.71. The van der Waals surface area contributed by atoms with E-state index in [-0.39, 0.29) is 0 Å². The molecule has 0 N–H and O–H groups in total. The Hall–Kier alpha value is 0.0200. The van der Waals surface area contributed by atoms with E-state index in [2.05, 4.69) is 25.8 Å². The van der Waals surface area contributed by atoms with Gasteiger partial charge in [0.1, 0.15) is 0 Å². The van der Waals surface area contributed by atoms with Crippen molar-refractivity contribution in [1.82, 2.24) is 0 Å². The molecule has 0 aromatic rings. The van der Waals surface area contributed by atoms with Crippen LogP contribution in [-0.4, -0.2) is 16.3 Å². The molecule has 0 aromatic heterocycles. The highest BCUT2D eigenvalue weighted by atomic mass is 32.2. The van der Waals surface area contributed by atoms with Crippen molar-refractivity contribution in [2.45, 2.75) is 44.9 Å². The molecule has 58 valence electrons. The first-order valence-electron chi connectivity index (χ1n) is 3.99. The highest BCUT2D eigenvalue weighted by molar-refractivity contribution is 8.14. The van der Waals surface area contributed by atoms with Gasteiger partial charge in [-0.25, -0.2) is 0 Å². The Morgan fingerprint density at radius 1 is 1.40 bits per heavy atom. The molecule has 10 heavy (non-hydrogen) atoms. The van der Waals surface area contributed by atoms with Gasteiger partial charge in [0, 0.05) is 5.25 Å². The fraction of sp³-hybridized carbons (Fsp3) is 0.875. The van der Waals surface area contributed by atoms with E-state index >= 15 is 0 Å². The molecule has 1 rings (SSSR count). The van der Waals surface area contributed by atoms with Crippen LogP contribution in [0, 0.1) is 0 Å². The van der Waals surface area contributed by atoms with E-state index < -0.39 is 0 Å². The Kier molecular flexibility index (Phi) is 2.78. The molecule has 1 nitrogen and oxygen atoms in total. The lowest BCUT2D eigenvalue weighted by Crippen LogP contribution is -2.14. The van der Waals surface area contributed by atoms with Crippen LogP contribution in [0.4, 0.5) is 0 Å². The molecular formula is C8H15NS. The van der Waals surface area contributed by atoms with E-state index in [1.165, 1.54) is 17.9 Å². The molecule has 0 aromatic carbocycles.